The van der Waals surface area contributed by atoms with Gasteiger partial charge in [0.1, 0.15) is 6.04 Å². The quantitative estimate of drug-likeness (QED) is 0.715. The molecule has 2 atom stereocenters. The Kier molecular flexibility index (Phi) is 6.86. The van der Waals surface area contributed by atoms with Gasteiger partial charge in [-0.15, -0.1) is 0 Å². The van der Waals surface area contributed by atoms with Crippen molar-refractivity contribution in [2.75, 3.05) is 10.6 Å². The van der Waals surface area contributed by atoms with E-state index in [0.29, 0.717) is 12.1 Å². The largest absolute Gasteiger partial charge is 0.348 e. The summed E-state index contributed by atoms with van der Waals surface area (Å²) in [5, 5.41) is 3.05. The van der Waals surface area contributed by atoms with Crippen molar-refractivity contribution in [3.05, 3.63) is 64.7 Å². The number of carbonyl (C=O) groups excluding carboxylic acids is 1. The molecule has 0 spiro atoms. The molecule has 1 aliphatic rings. The molecule has 0 aliphatic heterocycles. The van der Waals surface area contributed by atoms with Gasteiger partial charge in [0, 0.05) is 0 Å². The van der Waals surface area contributed by atoms with Gasteiger partial charge in [0.05, 0.1) is 18.0 Å². The number of carbonyl (C=O) groups is 1. The molecule has 162 valence electrons. The minimum atomic E-state index is -3.63. The number of anilines is 1. The summed E-state index contributed by atoms with van der Waals surface area (Å²) >= 11 is 0. The second-order valence-electron chi connectivity index (χ2n) is 8.29. The van der Waals surface area contributed by atoms with Crippen LogP contribution in [-0.4, -0.2) is 26.6 Å². The van der Waals surface area contributed by atoms with Crippen LogP contribution in [0.1, 0.15) is 61.4 Å². The van der Waals surface area contributed by atoms with Crippen molar-refractivity contribution in [2.45, 2.75) is 65.0 Å². The standard InChI is InChI=1S/C24H32N2O3S/c1-5-23(26(30(4,28)29)22-12-8-9-17(2)15-22)24(27)25-18(3)20-14-13-19-10-6-7-11-21(19)16-20/h8-9,12-16,18,23H,5-7,10-11H2,1-4H3,(H,25,27)/t18-,23+/m0/s1. The molecular weight excluding hydrogens is 396 g/mol. The van der Waals surface area contributed by atoms with Crippen molar-refractivity contribution in [3.63, 3.8) is 0 Å². The highest BCUT2D eigenvalue weighted by Crippen LogP contribution is 2.26. The van der Waals surface area contributed by atoms with Crippen molar-refractivity contribution in [2.24, 2.45) is 0 Å². The van der Waals surface area contributed by atoms with Crippen molar-refractivity contribution < 1.29 is 13.2 Å². The minimum absolute atomic E-state index is 0.197. The number of fused-ring (bicyclic) bond motifs is 1. The van der Waals surface area contributed by atoms with Gasteiger partial charge in [0.25, 0.3) is 0 Å². The molecule has 1 amide bonds. The van der Waals surface area contributed by atoms with Gasteiger partial charge in [-0.05, 0) is 80.3 Å². The highest BCUT2D eigenvalue weighted by Gasteiger charge is 2.32. The molecule has 1 aliphatic carbocycles. The summed E-state index contributed by atoms with van der Waals surface area (Å²) < 4.78 is 26.5. The summed E-state index contributed by atoms with van der Waals surface area (Å²) in [4.78, 5) is 13.2. The van der Waals surface area contributed by atoms with E-state index in [1.165, 1.54) is 28.3 Å². The van der Waals surface area contributed by atoms with Crippen LogP contribution in [0.15, 0.2) is 42.5 Å². The van der Waals surface area contributed by atoms with Crippen LogP contribution in [0.5, 0.6) is 0 Å². The van der Waals surface area contributed by atoms with E-state index in [2.05, 4.69) is 23.5 Å². The summed E-state index contributed by atoms with van der Waals surface area (Å²) in [5.74, 6) is -0.283. The lowest BCUT2D eigenvalue weighted by Gasteiger charge is -2.31. The van der Waals surface area contributed by atoms with Gasteiger partial charge < -0.3 is 5.32 Å². The number of hydrogen-bond acceptors (Lipinski definition) is 3. The summed E-state index contributed by atoms with van der Waals surface area (Å²) in [7, 11) is -3.63. The topological polar surface area (TPSA) is 66.5 Å². The fraction of sp³-hybridized carbons (Fsp3) is 0.458. The first-order valence-corrected chi connectivity index (χ1v) is 12.5. The molecule has 0 saturated heterocycles. The molecule has 0 unspecified atom stereocenters. The number of benzene rings is 2. The van der Waals surface area contributed by atoms with E-state index in [9.17, 15) is 13.2 Å². The molecule has 0 fully saturated rings. The molecule has 1 N–H and O–H groups in total. The van der Waals surface area contributed by atoms with Crippen LogP contribution < -0.4 is 9.62 Å². The van der Waals surface area contributed by atoms with Crippen LogP contribution in [0.25, 0.3) is 0 Å². The van der Waals surface area contributed by atoms with Crippen molar-refractivity contribution in [1.29, 1.82) is 0 Å². The molecule has 30 heavy (non-hydrogen) atoms. The number of amides is 1. The molecule has 5 nitrogen and oxygen atoms in total. The van der Waals surface area contributed by atoms with Crippen LogP contribution in [0.2, 0.25) is 0 Å². The highest BCUT2D eigenvalue weighted by molar-refractivity contribution is 7.92. The molecular formula is C24H32N2O3S. The fourth-order valence-electron chi connectivity index (χ4n) is 4.24. The Bertz CT molecular complexity index is 1020. The van der Waals surface area contributed by atoms with Gasteiger partial charge in [-0.2, -0.15) is 0 Å². The monoisotopic (exact) mass is 428 g/mol. The van der Waals surface area contributed by atoms with Crippen molar-refractivity contribution in [1.82, 2.24) is 5.32 Å². The Labute approximate surface area is 180 Å². The lowest BCUT2D eigenvalue weighted by molar-refractivity contribution is -0.122. The number of hydrogen-bond donors (Lipinski definition) is 1. The number of aryl methyl sites for hydroxylation is 3. The first-order chi connectivity index (χ1) is 14.2. The second-order valence-corrected chi connectivity index (χ2v) is 10.1. The average molecular weight is 429 g/mol. The van der Waals surface area contributed by atoms with Crippen molar-refractivity contribution >= 4 is 21.6 Å². The third kappa shape index (κ3) is 5.04. The van der Waals surface area contributed by atoms with Crippen LogP contribution in [0, 0.1) is 6.92 Å². The smallest absolute Gasteiger partial charge is 0.244 e. The van der Waals surface area contributed by atoms with Crippen LogP contribution in [0.3, 0.4) is 0 Å². The Morgan fingerprint density at radius 3 is 2.43 bits per heavy atom. The maximum Gasteiger partial charge on any atom is 0.244 e. The molecule has 3 rings (SSSR count). The fourth-order valence-corrected chi connectivity index (χ4v) is 5.44. The first kappa shape index (κ1) is 22.3. The first-order valence-electron chi connectivity index (χ1n) is 10.7. The minimum Gasteiger partial charge on any atom is -0.348 e. The summed E-state index contributed by atoms with van der Waals surface area (Å²) in [6.07, 6.45) is 6.17. The highest BCUT2D eigenvalue weighted by atomic mass is 32.2. The van der Waals surface area contributed by atoms with E-state index in [4.69, 9.17) is 0 Å². The molecule has 6 heteroatoms. The van der Waals surface area contributed by atoms with Gasteiger partial charge in [0.2, 0.25) is 15.9 Å². The number of nitrogens with zero attached hydrogens (tertiary/aromatic N) is 1. The van der Waals surface area contributed by atoms with Crippen LogP contribution in [-0.2, 0) is 27.7 Å². The van der Waals surface area contributed by atoms with Crippen LogP contribution in [0.4, 0.5) is 5.69 Å². The van der Waals surface area contributed by atoms with E-state index in [0.717, 1.165) is 30.2 Å². The van der Waals surface area contributed by atoms with Gasteiger partial charge in [0.15, 0.2) is 0 Å². The third-order valence-electron chi connectivity index (χ3n) is 5.82. The predicted octanol–water partition coefficient (Wildman–Crippen LogP) is 4.30. The van der Waals surface area contributed by atoms with Crippen molar-refractivity contribution in [3.8, 4) is 0 Å². The maximum atomic E-state index is 13.2. The normalized spacial score (nSPS) is 15.7. The van der Waals surface area contributed by atoms with Crippen LogP contribution >= 0.6 is 0 Å². The summed E-state index contributed by atoms with van der Waals surface area (Å²) in [6, 6.07) is 12.7. The SMILES string of the molecule is CC[C@H](C(=O)N[C@@H](C)c1ccc2c(c1)CCCC2)N(c1cccc(C)c1)S(C)(=O)=O. The van der Waals surface area contributed by atoms with E-state index >= 15 is 0 Å². The number of sulfonamides is 1. The molecule has 0 heterocycles. The zero-order chi connectivity index (χ0) is 21.9. The molecule has 0 bridgehead atoms. The third-order valence-corrected chi connectivity index (χ3v) is 7.00. The van der Waals surface area contributed by atoms with Gasteiger partial charge in [-0.3, -0.25) is 9.10 Å². The molecule has 2 aromatic rings. The van der Waals surface area contributed by atoms with E-state index in [-0.39, 0.29) is 11.9 Å². The Balaban J connectivity index is 1.83. The Morgan fingerprint density at radius 2 is 1.80 bits per heavy atom. The summed E-state index contributed by atoms with van der Waals surface area (Å²) in [6.45, 7) is 5.69. The molecule has 0 aromatic heterocycles. The van der Waals surface area contributed by atoms with E-state index < -0.39 is 16.1 Å². The van der Waals surface area contributed by atoms with E-state index in [1.807, 2.05) is 32.9 Å². The van der Waals surface area contributed by atoms with Gasteiger partial charge >= 0.3 is 0 Å². The molecule has 2 aromatic carbocycles. The molecule has 0 radical (unpaired) electrons. The lowest BCUT2D eigenvalue weighted by Crippen LogP contribution is -2.49. The summed E-state index contributed by atoms with van der Waals surface area (Å²) in [5.41, 5.74) is 5.28. The van der Waals surface area contributed by atoms with E-state index in [1.54, 1.807) is 12.1 Å². The molecule has 0 saturated carbocycles. The predicted molar refractivity (Wildman–Crippen MR) is 122 cm³/mol. The zero-order valence-corrected chi connectivity index (χ0v) is 19.1. The Hall–Kier alpha value is -2.34. The maximum absolute atomic E-state index is 13.2. The second kappa shape index (κ2) is 9.21. The average Bonchev–Trinajstić information content (AvgIpc) is 2.70. The number of rotatable bonds is 7. The van der Waals surface area contributed by atoms with Gasteiger partial charge in [-0.1, -0.05) is 37.3 Å². The number of nitrogens with one attached hydrogen (secondary N) is 1. The zero-order valence-electron chi connectivity index (χ0n) is 18.3. The Morgan fingerprint density at radius 1 is 1.10 bits per heavy atom. The lowest BCUT2D eigenvalue weighted by atomic mass is 9.89. The van der Waals surface area contributed by atoms with Gasteiger partial charge in [-0.25, -0.2) is 8.42 Å².